The van der Waals surface area contributed by atoms with Crippen LogP contribution in [0.25, 0.3) is 0 Å². The van der Waals surface area contributed by atoms with Crippen LogP contribution in [0.2, 0.25) is 0 Å². The smallest absolute Gasteiger partial charge is 0.282 e. The van der Waals surface area contributed by atoms with E-state index in [2.05, 4.69) is 5.32 Å². The highest BCUT2D eigenvalue weighted by Crippen LogP contribution is 2.17. The lowest BCUT2D eigenvalue weighted by atomic mass is 10.1. The van der Waals surface area contributed by atoms with Crippen molar-refractivity contribution in [1.29, 1.82) is 0 Å². The lowest BCUT2D eigenvalue weighted by Crippen LogP contribution is -2.58. The summed E-state index contributed by atoms with van der Waals surface area (Å²) in [6.45, 7) is 2.67. The summed E-state index contributed by atoms with van der Waals surface area (Å²) in [6.07, 6.45) is 0. The minimum absolute atomic E-state index is 0.0310. The summed E-state index contributed by atoms with van der Waals surface area (Å²) in [7, 11) is 1.81. The van der Waals surface area contributed by atoms with E-state index in [1.54, 1.807) is 9.80 Å². The van der Waals surface area contributed by atoms with Crippen LogP contribution >= 0.6 is 11.8 Å². The molecule has 1 N–H and O–H groups in total. The van der Waals surface area contributed by atoms with Crippen molar-refractivity contribution in [1.82, 2.24) is 15.1 Å². The van der Waals surface area contributed by atoms with Crippen molar-refractivity contribution in [3.63, 3.8) is 0 Å². The molecular formula is C9H15N3O2S. The zero-order valence-electron chi connectivity index (χ0n) is 8.73. The Morgan fingerprint density at radius 3 is 2.87 bits per heavy atom. The van der Waals surface area contributed by atoms with Gasteiger partial charge in [-0.1, -0.05) is 11.8 Å². The summed E-state index contributed by atoms with van der Waals surface area (Å²) >= 11 is 1.29. The Bertz CT molecular complexity index is 281. The first kappa shape index (κ1) is 10.8. The van der Waals surface area contributed by atoms with Gasteiger partial charge in [0.15, 0.2) is 0 Å². The Morgan fingerprint density at radius 2 is 2.40 bits per heavy atom. The second kappa shape index (κ2) is 4.40. The third-order valence-corrected chi connectivity index (χ3v) is 3.76. The van der Waals surface area contributed by atoms with Gasteiger partial charge in [0.1, 0.15) is 6.54 Å². The second-order valence-corrected chi connectivity index (χ2v) is 4.90. The van der Waals surface area contributed by atoms with Crippen LogP contribution in [0, 0.1) is 0 Å². The van der Waals surface area contributed by atoms with Gasteiger partial charge in [-0.05, 0) is 0 Å². The van der Waals surface area contributed by atoms with Crippen LogP contribution in [0.3, 0.4) is 0 Å². The number of carbonyl (C=O) groups excluding carboxylic acids is 2. The maximum atomic E-state index is 11.8. The van der Waals surface area contributed by atoms with Gasteiger partial charge in [-0.15, -0.1) is 0 Å². The maximum absolute atomic E-state index is 11.8. The fourth-order valence-electron chi connectivity index (χ4n) is 1.60. The van der Waals surface area contributed by atoms with Gasteiger partial charge in [-0.2, -0.15) is 0 Å². The first-order valence-corrected chi connectivity index (χ1v) is 6.05. The molecule has 5 nitrogen and oxygen atoms in total. The van der Waals surface area contributed by atoms with E-state index in [4.69, 9.17) is 0 Å². The number of likely N-dealkylation sites (N-methyl/N-ethyl adjacent to an activating group) is 1. The van der Waals surface area contributed by atoms with Gasteiger partial charge in [-0.25, -0.2) is 0 Å². The molecule has 2 heterocycles. The number of nitrogens with zero attached hydrogens (tertiary/aromatic N) is 2. The molecule has 0 bridgehead atoms. The first-order chi connectivity index (χ1) is 7.18. The van der Waals surface area contributed by atoms with Crippen molar-refractivity contribution in [2.45, 2.75) is 6.04 Å². The normalized spacial score (nSPS) is 21.7. The zero-order chi connectivity index (χ0) is 10.8. The van der Waals surface area contributed by atoms with Gasteiger partial charge < -0.3 is 15.1 Å². The molecule has 0 aromatic heterocycles. The maximum Gasteiger partial charge on any atom is 0.282 e. The number of hydrogen-bond acceptors (Lipinski definition) is 4. The molecular weight excluding hydrogens is 214 g/mol. The molecule has 0 atom stereocenters. The summed E-state index contributed by atoms with van der Waals surface area (Å²) in [5.74, 6) is 0.846. The van der Waals surface area contributed by atoms with E-state index in [1.165, 1.54) is 11.8 Å². The van der Waals surface area contributed by atoms with Crippen molar-refractivity contribution >= 4 is 22.9 Å². The topological polar surface area (TPSA) is 52.7 Å². The van der Waals surface area contributed by atoms with Crippen LogP contribution in [0.4, 0.5) is 4.79 Å². The fourth-order valence-corrected chi connectivity index (χ4v) is 2.42. The standard InChI is InChI=1S/C9H15N3O2S/c1-11(7-4-10-5-7)8(13)6-12-2-3-15-9(12)14/h7,10H,2-6H2,1H3. The van der Waals surface area contributed by atoms with Crippen LogP contribution in [0.15, 0.2) is 0 Å². The molecule has 0 saturated carbocycles. The molecule has 0 radical (unpaired) electrons. The lowest BCUT2D eigenvalue weighted by molar-refractivity contribution is -0.133. The van der Waals surface area contributed by atoms with Crippen LogP contribution in [0.5, 0.6) is 0 Å². The number of rotatable bonds is 3. The van der Waals surface area contributed by atoms with E-state index < -0.39 is 0 Å². The first-order valence-electron chi connectivity index (χ1n) is 5.06. The number of hydrogen-bond donors (Lipinski definition) is 1. The molecule has 2 aliphatic rings. The molecule has 84 valence electrons. The number of amides is 2. The SMILES string of the molecule is CN(C(=O)CN1CCSC1=O)C1CNC1. The van der Waals surface area contributed by atoms with Gasteiger partial charge in [-0.3, -0.25) is 9.59 Å². The molecule has 2 fully saturated rings. The van der Waals surface area contributed by atoms with Gasteiger partial charge >= 0.3 is 0 Å². The van der Waals surface area contributed by atoms with E-state index in [1.807, 2.05) is 7.05 Å². The number of nitrogens with one attached hydrogen (secondary N) is 1. The molecule has 2 saturated heterocycles. The summed E-state index contributed by atoms with van der Waals surface area (Å²) < 4.78 is 0. The average molecular weight is 229 g/mol. The van der Waals surface area contributed by atoms with E-state index in [0.717, 1.165) is 18.8 Å². The molecule has 0 aromatic carbocycles. The van der Waals surface area contributed by atoms with Crippen molar-refractivity contribution in [2.24, 2.45) is 0 Å². The van der Waals surface area contributed by atoms with Crippen molar-refractivity contribution in [3.05, 3.63) is 0 Å². The molecule has 0 unspecified atom stereocenters. The van der Waals surface area contributed by atoms with Gasteiger partial charge in [0.2, 0.25) is 5.91 Å². The highest BCUT2D eigenvalue weighted by molar-refractivity contribution is 8.13. The largest absolute Gasteiger partial charge is 0.339 e. The average Bonchev–Trinajstić information content (AvgIpc) is 2.49. The predicted octanol–water partition coefficient (Wildman–Crippen LogP) is -0.415. The summed E-state index contributed by atoms with van der Waals surface area (Å²) in [5.41, 5.74) is 0. The van der Waals surface area contributed by atoms with E-state index >= 15 is 0 Å². The molecule has 15 heavy (non-hydrogen) atoms. The Hall–Kier alpha value is -0.750. The third kappa shape index (κ3) is 2.26. The molecule has 2 amide bonds. The van der Waals surface area contributed by atoms with Gasteiger partial charge in [0.25, 0.3) is 5.24 Å². The van der Waals surface area contributed by atoms with Crippen LogP contribution in [0.1, 0.15) is 0 Å². The van der Waals surface area contributed by atoms with E-state index in [9.17, 15) is 9.59 Å². The predicted molar refractivity (Wildman–Crippen MR) is 58.9 cm³/mol. The highest BCUT2D eigenvalue weighted by atomic mass is 32.2. The summed E-state index contributed by atoms with van der Waals surface area (Å²) in [6, 6.07) is 0.308. The molecule has 2 rings (SSSR count). The Labute approximate surface area is 93.2 Å². The highest BCUT2D eigenvalue weighted by Gasteiger charge is 2.29. The van der Waals surface area contributed by atoms with Crippen molar-refractivity contribution in [3.8, 4) is 0 Å². The van der Waals surface area contributed by atoms with Crippen LogP contribution in [-0.4, -0.2) is 66.0 Å². The third-order valence-electron chi connectivity index (χ3n) is 2.87. The van der Waals surface area contributed by atoms with E-state index in [0.29, 0.717) is 12.6 Å². The number of carbonyl (C=O) groups is 2. The molecule has 6 heteroatoms. The quantitative estimate of drug-likeness (QED) is 0.714. The van der Waals surface area contributed by atoms with Crippen LogP contribution < -0.4 is 5.32 Å². The Morgan fingerprint density at radius 1 is 1.67 bits per heavy atom. The summed E-state index contributed by atoms with van der Waals surface area (Å²) in [5, 5.41) is 3.15. The van der Waals surface area contributed by atoms with Crippen LogP contribution in [-0.2, 0) is 4.79 Å². The summed E-state index contributed by atoms with van der Waals surface area (Å²) in [4.78, 5) is 26.4. The molecule has 0 aliphatic carbocycles. The molecule has 0 spiro atoms. The molecule has 0 aromatic rings. The minimum atomic E-state index is 0.0310. The fraction of sp³-hybridized carbons (Fsp3) is 0.778. The lowest BCUT2D eigenvalue weighted by Gasteiger charge is -2.36. The Balaban J connectivity index is 1.82. The minimum Gasteiger partial charge on any atom is -0.339 e. The van der Waals surface area contributed by atoms with Gasteiger partial charge in [0, 0.05) is 32.4 Å². The second-order valence-electron chi connectivity index (χ2n) is 3.85. The zero-order valence-corrected chi connectivity index (χ0v) is 9.55. The molecule has 2 aliphatic heterocycles. The Kier molecular flexibility index (Phi) is 3.16. The van der Waals surface area contributed by atoms with Crippen molar-refractivity contribution < 1.29 is 9.59 Å². The monoisotopic (exact) mass is 229 g/mol. The van der Waals surface area contributed by atoms with E-state index in [-0.39, 0.29) is 17.7 Å². The number of thioether (sulfide) groups is 1. The van der Waals surface area contributed by atoms with Crippen molar-refractivity contribution in [2.75, 3.05) is 39.0 Å². The van der Waals surface area contributed by atoms with Gasteiger partial charge in [0.05, 0.1) is 6.04 Å².